The summed E-state index contributed by atoms with van der Waals surface area (Å²) < 4.78 is 0. The molecule has 2 amide bonds. The van der Waals surface area contributed by atoms with Crippen LogP contribution >= 0.6 is 0 Å². The lowest BCUT2D eigenvalue weighted by molar-refractivity contribution is -0.141. The van der Waals surface area contributed by atoms with Gasteiger partial charge < -0.3 is 10.6 Å². The Hall–Kier alpha value is -1.10. The molecule has 2 N–H and O–H groups in total. The highest BCUT2D eigenvalue weighted by atomic mass is 16.2. The molecule has 2 aliphatic rings. The van der Waals surface area contributed by atoms with Gasteiger partial charge in [0.2, 0.25) is 11.8 Å². The first kappa shape index (κ1) is 14.3. The average molecular weight is 267 g/mol. The molecule has 108 valence electrons. The summed E-state index contributed by atoms with van der Waals surface area (Å²) in [5.74, 6) is -0.0327. The van der Waals surface area contributed by atoms with E-state index in [0.29, 0.717) is 32.4 Å². The molecule has 2 fully saturated rings. The summed E-state index contributed by atoms with van der Waals surface area (Å²) in [5.41, 5.74) is 5.19. The molecular formula is C14H25N3O2. The van der Waals surface area contributed by atoms with Crippen LogP contribution in [0.4, 0.5) is 0 Å². The first-order valence-electron chi connectivity index (χ1n) is 7.43. The summed E-state index contributed by atoms with van der Waals surface area (Å²) in [6, 6.07) is 0. The number of nitrogens with zero attached hydrogens (tertiary/aromatic N) is 2. The molecule has 0 bridgehead atoms. The standard InChI is InChI=1S/C14H25N3O2/c1-2-12(18)16-10-6-14(7-11-16,13(15)19)17-8-4-3-5-9-17/h2-11H2,1H3,(H2,15,19). The van der Waals surface area contributed by atoms with E-state index in [2.05, 4.69) is 4.90 Å². The Morgan fingerprint density at radius 1 is 1.05 bits per heavy atom. The summed E-state index contributed by atoms with van der Waals surface area (Å²) >= 11 is 0. The number of amides is 2. The number of carbonyl (C=O) groups excluding carboxylic acids is 2. The largest absolute Gasteiger partial charge is 0.368 e. The Labute approximate surface area is 115 Å². The molecule has 0 aliphatic carbocycles. The third-order valence-corrected chi connectivity index (χ3v) is 4.67. The first-order valence-corrected chi connectivity index (χ1v) is 7.43. The zero-order chi connectivity index (χ0) is 13.9. The van der Waals surface area contributed by atoms with Gasteiger partial charge in [-0.3, -0.25) is 14.5 Å². The highest BCUT2D eigenvalue weighted by Gasteiger charge is 2.45. The van der Waals surface area contributed by atoms with Gasteiger partial charge in [-0.25, -0.2) is 0 Å². The second kappa shape index (κ2) is 5.90. The van der Waals surface area contributed by atoms with Gasteiger partial charge in [-0.1, -0.05) is 13.3 Å². The van der Waals surface area contributed by atoms with E-state index in [-0.39, 0.29) is 11.8 Å². The van der Waals surface area contributed by atoms with Crippen molar-refractivity contribution in [2.24, 2.45) is 5.73 Å². The van der Waals surface area contributed by atoms with Gasteiger partial charge in [-0.15, -0.1) is 0 Å². The summed E-state index contributed by atoms with van der Waals surface area (Å²) in [6.45, 7) is 5.12. The van der Waals surface area contributed by atoms with Crippen LogP contribution in [0.25, 0.3) is 0 Å². The van der Waals surface area contributed by atoms with Gasteiger partial charge in [-0.2, -0.15) is 0 Å². The molecule has 0 saturated carbocycles. The predicted molar refractivity (Wildman–Crippen MR) is 73.5 cm³/mol. The van der Waals surface area contributed by atoms with Crippen LogP contribution in [0.3, 0.4) is 0 Å². The maximum atomic E-state index is 12.0. The number of primary amides is 1. The van der Waals surface area contributed by atoms with Gasteiger partial charge in [-0.05, 0) is 38.8 Å². The number of likely N-dealkylation sites (tertiary alicyclic amines) is 2. The van der Waals surface area contributed by atoms with Gasteiger partial charge in [0.25, 0.3) is 0 Å². The maximum Gasteiger partial charge on any atom is 0.238 e. The average Bonchev–Trinajstić information content (AvgIpc) is 2.47. The number of piperidine rings is 2. The molecular weight excluding hydrogens is 242 g/mol. The molecule has 0 aromatic heterocycles. The molecule has 5 nitrogen and oxygen atoms in total. The number of hydrogen-bond donors (Lipinski definition) is 1. The molecule has 2 saturated heterocycles. The van der Waals surface area contributed by atoms with Crippen LogP contribution < -0.4 is 5.73 Å². The van der Waals surface area contributed by atoms with Crippen LogP contribution in [0, 0.1) is 0 Å². The highest BCUT2D eigenvalue weighted by Crippen LogP contribution is 2.31. The third-order valence-electron chi connectivity index (χ3n) is 4.67. The fourth-order valence-electron chi connectivity index (χ4n) is 3.39. The molecule has 0 unspecified atom stereocenters. The quantitative estimate of drug-likeness (QED) is 0.819. The van der Waals surface area contributed by atoms with E-state index >= 15 is 0 Å². The number of carbonyl (C=O) groups is 2. The number of rotatable bonds is 3. The highest BCUT2D eigenvalue weighted by molar-refractivity contribution is 5.85. The van der Waals surface area contributed by atoms with E-state index in [0.717, 1.165) is 25.9 Å². The Morgan fingerprint density at radius 2 is 1.63 bits per heavy atom. The Morgan fingerprint density at radius 3 is 2.11 bits per heavy atom. The van der Waals surface area contributed by atoms with Crippen molar-refractivity contribution in [3.8, 4) is 0 Å². The lowest BCUT2D eigenvalue weighted by Gasteiger charge is -2.48. The molecule has 0 atom stereocenters. The third kappa shape index (κ3) is 2.76. The molecule has 2 rings (SSSR count). The Bertz CT molecular complexity index is 343. The van der Waals surface area contributed by atoms with Gasteiger partial charge in [0.15, 0.2) is 0 Å². The molecule has 2 aliphatic heterocycles. The number of hydrogen-bond acceptors (Lipinski definition) is 3. The minimum absolute atomic E-state index is 0.178. The lowest BCUT2D eigenvalue weighted by atomic mass is 9.83. The maximum absolute atomic E-state index is 12.0. The van der Waals surface area contributed by atoms with Gasteiger partial charge in [0, 0.05) is 19.5 Å². The summed E-state index contributed by atoms with van der Waals surface area (Å²) in [5, 5.41) is 0. The van der Waals surface area contributed by atoms with Crippen molar-refractivity contribution in [2.45, 2.75) is 51.0 Å². The van der Waals surface area contributed by atoms with Crippen LogP contribution in [0.15, 0.2) is 0 Å². The molecule has 0 spiro atoms. The van der Waals surface area contributed by atoms with Crippen LogP contribution in [-0.4, -0.2) is 53.3 Å². The van der Waals surface area contributed by atoms with Gasteiger partial charge >= 0.3 is 0 Å². The normalized spacial score (nSPS) is 24.2. The van der Waals surface area contributed by atoms with Crippen molar-refractivity contribution >= 4 is 11.8 Å². The van der Waals surface area contributed by atoms with Gasteiger partial charge in [0.05, 0.1) is 0 Å². The fraction of sp³-hybridized carbons (Fsp3) is 0.857. The molecule has 0 radical (unpaired) electrons. The molecule has 19 heavy (non-hydrogen) atoms. The van der Waals surface area contributed by atoms with Crippen molar-refractivity contribution in [3.63, 3.8) is 0 Å². The molecule has 0 aromatic rings. The van der Waals surface area contributed by atoms with Crippen LogP contribution in [0.5, 0.6) is 0 Å². The van der Waals surface area contributed by atoms with Crippen molar-refractivity contribution in [2.75, 3.05) is 26.2 Å². The van der Waals surface area contributed by atoms with E-state index in [1.165, 1.54) is 6.42 Å². The zero-order valence-electron chi connectivity index (χ0n) is 11.9. The molecule has 2 heterocycles. The summed E-state index contributed by atoms with van der Waals surface area (Å²) in [6.07, 6.45) is 5.44. The van der Waals surface area contributed by atoms with Crippen molar-refractivity contribution in [3.05, 3.63) is 0 Å². The minimum atomic E-state index is -0.509. The minimum Gasteiger partial charge on any atom is -0.368 e. The Kier molecular flexibility index (Phi) is 4.45. The monoisotopic (exact) mass is 267 g/mol. The van der Waals surface area contributed by atoms with Crippen LogP contribution in [0.2, 0.25) is 0 Å². The molecule has 5 heteroatoms. The van der Waals surface area contributed by atoms with E-state index < -0.39 is 5.54 Å². The van der Waals surface area contributed by atoms with Crippen LogP contribution in [-0.2, 0) is 9.59 Å². The van der Waals surface area contributed by atoms with E-state index in [4.69, 9.17) is 5.73 Å². The summed E-state index contributed by atoms with van der Waals surface area (Å²) in [7, 11) is 0. The number of nitrogens with two attached hydrogens (primary N) is 1. The fourth-order valence-corrected chi connectivity index (χ4v) is 3.39. The van der Waals surface area contributed by atoms with Gasteiger partial charge in [0.1, 0.15) is 5.54 Å². The topological polar surface area (TPSA) is 66.6 Å². The van der Waals surface area contributed by atoms with Crippen molar-refractivity contribution in [1.29, 1.82) is 0 Å². The second-order valence-corrected chi connectivity index (χ2v) is 5.68. The van der Waals surface area contributed by atoms with Crippen LogP contribution in [0.1, 0.15) is 45.4 Å². The van der Waals surface area contributed by atoms with Crippen molar-refractivity contribution < 1.29 is 9.59 Å². The smallest absolute Gasteiger partial charge is 0.238 e. The zero-order valence-corrected chi connectivity index (χ0v) is 11.9. The van der Waals surface area contributed by atoms with E-state index in [1.807, 2.05) is 11.8 Å². The van der Waals surface area contributed by atoms with E-state index in [9.17, 15) is 9.59 Å². The summed E-state index contributed by atoms with van der Waals surface area (Å²) in [4.78, 5) is 27.9. The molecule has 0 aromatic carbocycles. The van der Waals surface area contributed by atoms with E-state index in [1.54, 1.807) is 0 Å². The lowest BCUT2D eigenvalue weighted by Crippen LogP contribution is -2.63. The Balaban J connectivity index is 2.06. The predicted octanol–water partition coefficient (Wildman–Crippen LogP) is 0.729. The second-order valence-electron chi connectivity index (χ2n) is 5.68. The van der Waals surface area contributed by atoms with Crippen molar-refractivity contribution in [1.82, 2.24) is 9.80 Å². The SMILES string of the molecule is CCC(=O)N1CCC(C(N)=O)(N2CCCCC2)CC1. The first-order chi connectivity index (χ1) is 9.10.